The van der Waals surface area contributed by atoms with E-state index in [1.807, 2.05) is 72.8 Å². The highest BCUT2D eigenvalue weighted by Gasteiger charge is 2.46. The van der Waals surface area contributed by atoms with Crippen LogP contribution in [0.25, 0.3) is 0 Å². The largest absolute Gasteiger partial charge is 0.497 e. The summed E-state index contributed by atoms with van der Waals surface area (Å²) in [5.41, 5.74) is 3.59. The topological polar surface area (TPSA) is 59.1 Å². The number of carbonyl (C=O) groups excluding carboxylic acids is 2. The SMILES string of the molecule is CCc1ccccc1N(C)C(=O)[C@H]1CC(=O)N(c2ccc(OC)cc2)[C@H]1c1ccc(OC)cc1. The number of nitrogens with zero attached hydrogens (tertiary/aromatic N) is 2. The number of para-hydroxylation sites is 1. The standard InChI is InChI=1S/C28H30N2O4/c1-5-19-8-6-7-9-25(19)29(2)28(32)24-18-26(31)30(21-12-16-23(34-4)17-13-21)27(24)20-10-14-22(33-3)15-11-20/h6-17,24,27H,5,18H2,1-4H3/t24-,27-/m0/s1. The molecule has 1 saturated heterocycles. The minimum Gasteiger partial charge on any atom is -0.497 e. The Hall–Kier alpha value is -3.80. The molecule has 0 radical (unpaired) electrons. The fourth-order valence-corrected chi connectivity index (χ4v) is 4.69. The molecule has 2 amide bonds. The van der Waals surface area contributed by atoms with Gasteiger partial charge in [-0.15, -0.1) is 0 Å². The van der Waals surface area contributed by atoms with Crippen molar-refractivity contribution >= 4 is 23.2 Å². The maximum Gasteiger partial charge on any atom is 0.232 e. The smallest absolute Gasteiger partial charge is 0.232 e. The summed E-state index contributed by atoms with van der Waals surface area (Å²) in [4.78, 5) is 30.6. The van der Waals surface area contributed by atoms with Gasteiger partial charge in [0.2, 0.25) is 11.8 Å². The lowest BCUT2D eigenvalue weighted by Gasteiger charge is -2.31. The summed E-state index contributed by atoms with van der Waals surface area (Å²) in [6.45, 7) is 2.07. The lowest BCUT2D eigenvalue weighted by atomic mass is 9.91. The van der Waals surface area contributed by atoms with Gasteiger partial charge in [0.15, 0.2) is 0 Å². The number of anilines is 2. The molecule has 0 bridgehead atoms. The molecular weight excluding hydrogens is 428 g/mol. The van der Waals surface area contributed by atoms with Gasteiger partial charge in [-0.25, -0.2) is 0 Å². The highest BCUT2D eigenvalue weighted by molar-refractivity contribution is 6.05. The van der Waals surface area contributed by atoms with Crippen LogP contribution in [0.1, 0.15) is 30.5 Å². The van der Waals surface area contributed by atoms with Crippen molar-refractivity contribution in [3.05, 3.63) is 83.9 Å². The Labute approximate surface area is 200 Å². The molecule has 0 saturated carbocycles. The first-order valence-electron chi connectivity index (χ1n) is 11.4. The van der Waals surface area contributed by atoms with E-state index in [4.69, 9.17) is 9.47 Å². The van der Waals surface area contributed by atoms with Crippen molar-refractivity contribution in [1.29, 1.82) is 0 Å². The average Bonchev–Trinajstić information content (AvgIpc) is 3.24. The lowest BCUT2D eigenvalue weighted by molar-refractivity contribution is -0.124. The fraction of sp³-hybridized carbons (Fsp3) is 0.286. The van der Waals surface area contributed by atoms with E-state index >= 15 is 0 Å². The van der Waals surface area contributed by atoms with E-state index in [2.05, 4.69) is 6.92 Å². The molecule has 176 valence electrons. The molecule has 2 atom stereocenters. The van der Waals surface area contributed by atoms with E-state index in [9.17, 15) is 9.59 Å². The Morgan fingerprint density at radius 3 is 2.12 bits per heavy atom. The lowest BCUT2D eigenvalue weighted by Crippen LogP contribution is -2.37. The Bertz CT molecular complexity index is 1160. The first-order chi connectivity index (χ1) is 16.5. The van der Waals surface area contributed by atoms with E-state index in [0.717, 1.165) is 34.7 Å². The molecule has 0 unspecified atom stereocenters. The molecule has 0 spiro atoms. The first-order valence-corrected chi connectivity index (χ1v) is 11.4. The maximum atomic E-state index is 13.8. The normalized spacial score (nSPS) is 17.5. The predicted octanol–water partition coefficient (Wildman–Crippen LogP) is 5.02. The van der Waals surface area contributed by atoms with Crippen LogP contribution >= 0.6 is 0 Å². The number of methoxy groups -OCH3 is 2. The third-order valence-corrected chi connectivity index (χ3v) is 6.51. The highest BCUT2D eigenvalue weighted by Crippen LogP contribution is 2.43. The minimum absolute atomic E-state index is 0.0777. The summed E-state index contributed by atoms with van der Waals surface area (Å²) in [6.07, 6.45) is 0.956. The Morgan fingerprint density at radius 1 is 0.941 bits per heavy atom. The van der Waals surface area contributed by atoms with Crippen LogP contribution < -0.4 is 19.3 Å². The first kappa shape index (κ1) is 23.4. The molecule has 6 nitrogen and oxygen atoms in total. The molecule has 3 aromatic rings. The van der Waals surface area contributed by atoms with Gasteiger partial charge in [-0.3, -0.25) is 9.59 Å². The number of aryl methyl sites for hydroxylation is 1. The monoisotopic (exact) mass is 458 g/mol. The number of rotatable bonds is 7. The van der Waals surface area contributed by atoms with E-state index in [1.165, 1.54) is 0 Å². The van der Waals surface area contributed by atoms with Gasteiger partial charge in [0, 0.05) is 24.8 Å². The summed E-state index contributed by atoms with van der Waals surface area (Å²) < 4.78 is 10.6. The number of carbonyl (C=O) groups is 2. The number of hydrogen-bond donors (Lipinski definition) is 0. The van der Waals surface area contributed by atoms with Gasteiger partial charge < -0.3 is 19.3 Å². The van der Waals surface area contributed by atoms with Gasteiger partial charge in [-0.2, -0.15) is 0 Å². The van der Waals surface area contributed by atoms with Crippen molar-refractivity contribution < 1.29 is 19.1 Å². The van der Waals surface area contributed by atoms with Gasteiger partial charge in [-0.1, -0.05) is 37.3 Å². The number of ether oxygens (including phenoxy) is 2. The van der Waals surface area contributed by atoms with Gasteiger partial charge in [0.05, 0.1) is 26.2 Å². The molecule has 0 aliphatic carbocycles. The summed E-state index contributed by atoms with van der Waals surface area (Å²) >= 11 is 0. The second kappa shape index (κ2) is 10.00. The molecule has 6 heteroatoms. The van der Waals surface area contributed by atoms with Gasteiger partial charge >= 0.3 is 0 Å². The highest BCUT2D eigenvalue weighted by atomic mass is 16.5. The Balaban J connectivity index is 1.75. The molecule has 3 aromatic carbocycles. The second-order valence-electron chi connectivity index (χ2n) is 8.37. The second-order valence-corrected chi connectivity index (χ2v) is 8.37. The van der Waals surface area contributed by atoms with Gasteiger partial charge in [0.25, 0.3) is 0 Å². The molecule has 1 fully saturated rings. The summed E-state index contributed by atoms with van der Waals surface area (Å²) in [5.74, 6) is 0.742. The Kier molecular flexibility index (Phi) is 6.87. The molecule has 1 heterocycles. The summed E-state index contributed by atoms with van der Waals surface area (Å²) in [5, 5.41) is 0. The van der Waals surface area contributed by atoms with Crippen molar-refractivity contribution in [2.75, 3.05) is 31.1 Å². The van der Waals surface area contributed by atoms with E-state index in [1.54, 1.807) is 31.1 Å². The average molecular weight is 459 g/mol. The van der Waals surface area contributed by atoms with Crippen LogP contribution in [-0.4, -0.2) is 33.1 Å². The Morgan fingerprint density at radius 2 is 1.53 bits per heavy atom. The van der Waals surface area contributed by atoms with E-state index in [0.29, 0.717) is 5.75 Å². The zero-order valence-electron chi connectivity index (χ0n) is 20.0. The van der Waals surface area contributed by atoms with Crippen LogP contribution in [0.4, 0.5) is 11.4 Å². The van der Waals surface area contributed by atoms with Gasteiger partial charge in [0.1, 0.15) is 11.5 Å². The number of benzene rings is 3. The summed E-state index contributed by atoms with van der Waals surface area (Å²) in [6, 6.07) is 22.4. The predicted molar refractivity (Wildman–Crippen MR) is 134 cm³/mol. The molecule has 1 aliphatic heterocycles. The van der Waals surface area contributed by atoms with Crippen molar-refractivity contribution in [1.82, 2.24) is 0 Å². The quantitative estimate of drug-likeness (QED) is 0.499. The zero-order chi connectivity index (χ0) is 24.2. The number of amides is 2. The van der Waals surface area contributed by atoms with Crippen LogP contribution in [0.2, 0.25) is 0 Å². The van der Waals surface area contributed by atoms with Crippen molar-refractivity contribution in [2.24, 2.45) is 5.92 Å². The third-order valence-electron chi connectivity index (χ3n) is 6.51. The van der Waals surface area contributed by atoms with Gasteiger partial charge in [-0.05, 0) is 60.0 Å². The number of hydrogen-bond acceptors (Lipinski definition) is 4. The van der Waals surface area contributed by atoms with Crippen molar-refractivity contribution in [2.45, 2.75) is 25.8 Å². The van der Waals surface area contributed by atoms with Crippen LogP contribution in [0.5, 0.6) is 11.5 Å². The van der Waals surface area contributed by atoms with E-state index < -0.39 is 12.0 Å². The molecule has 34 heavy (non-hydrogen) atoms. The van der Waals surface area contributed by atoms with Crippen LogP contribution in [-0.2, 0) is 16.0 Å². The van der Waals surface area contributed by atoms with Crippen molar-refractivity contribution in [3.8, 4) is 11.5 Å². The van der Waals surface area contributed by atoms with Crippen LogP contribution in [0.15, 0.2) is 72.8 Å². The fourth-order valence-electron chi connectivity index (χ4n) is 4.69. The molecular formula is C28H30N2O4. The third kappa shape index (κ3) is 4.36. The molecule has 0 N–H and O–H groups in total. The zero-order valence-corrected chi connectivity index (χ0v) is 20.0. The molecule has 1 aliphatic rings. The van der Waals surface area contributed by atoms with E-state index in [-0.39, 0.29) is 18.2 Å². The molecule has 0 aromatic heterocycles. The maximum absolute atomic E-state index is 13.8. The molecule has 4 rings (SSSR count). The summed E-state index contributed by atoms with van der Waals surface area (Å²) in [7, 11) is 5.02. The van der Waals surface area contributed by atoms with Crippen molar-refractivity contribution in [3.63, 3.8) is 0 Å². The minimum atomic E-state index is -0.530. The van der Waals surface area contributed by atoms with Crippen LogP contribution in [0.3, 0.4) is 0 Å². The van der Waals surface area contributed by atoms with Crippen LogP contribution in [0, 0.1) is 5.92 Å².